The first kappa shape index (κ1) is 14.8. The largest absolute Gasteiger partial charge is 0.472 e. The van der Waals surface area contributed by atoms with Crippen LogP contribution in [-0.4, -0.2) is 58.1 Å². The van der Waals surface area contributed by atoms with Gasteiger partial charge >= 0.3 is 0 Å². The Kier molecular flexibility index (Phi) is 3.92. The summed E-state index contributed by atoms with van der Waals surface area (Å²) >= 11 is 0. The molecule has 122 valence electrons. The predicted octanol–water partition coefficient (Wildman–Crippen LogP) is 1.95. The Morgan fingerprint density at radius 2 is 1.92 bits per heavy atom. The van der Waals surface area contributed by atoms with E-state index in [4.69, 9.17) is 9.40 Å². The standard InChI is InChI=1S/C17H18N6O/c1-22-5-7-23(8-6-22)17-20-10-14(15-11-18-3-4-19-15)16(21-17)13-2-9-24-12-13/h2-4,9-12H,5-8H2,1H3. The van der Waals surface area contributed by atoms with Crippen LogP contribution in [0.3, 0.4) is 0 Å². The molecule has 0 aliphatic carbocycles. The zero-order chi connectivity index (χ0) is 16.4. The Morgan fingerprint density at radius 3 is 2.62 bits per heavy atom. The maximum absolute atomic E-state index is 5.24. The Hall–Kier alpha value is -2.80. The summed E-state index contributed by atoms with van der Waals surface area (Å²) in [6.45, 7) is 3.87. The van der Waals surface area contributed by atoms with Gasteiger partial charge in [-0.05, 0) is 13.1 Å². The first-order valence-corrected chi connectivity index (χ1v) is 7.91. The lowest BCUT2D eigenvalue weighted by Crippen LogP contribution is -2.45. The maximum atomic E-state index is 5.24. The van der Waals surface area contributed by atoms with Crippen molar-refractivity contribution in [2.75, 3.05) is 38.1 Å². The van der Waals surface area contributed by atoms with Crippen LogP contribution < -0.4 is 4.90 Å². The molecule has 4 rings (SSSR count). The van der Waals surface area contributed by atoms with Crippen molar-refractivity contribution < 1.29 is 4.42 Å². The van der Waals surface area contributed by atoms with Gasteiger partial charge in [0.15, 0.2) is 0 Å². The van der Waals surface area contributed by atoms with E-state index >= 15 is 0 Å². The third-order valence-corrected chi connectivity index (χ3v) is 4.20. The molecule has 4 heterocycles. The van der Waals surface area contributed by atoms with E-state index in [1.54, 1.807) is 31.1 Å². The molecule has 0 N–H and O–H groups in total. The third-order valence-electron chi connectivity index (χ3n) is 4.20. The second-order valence-electron chi connectivity index (χ2n) is 5.83. The zero-order valence-electron chi connectivity index (χ0n) is 13.5. The fourth-order valence-corrected chi connectivity index (χ4v) is 2.78. The van der Waals surface area contributed by atoms with Crippen molar-refractivity contribution in [3.05, 3.63) is 43.4 Å². The summed E-state index contributed by atoms with van der Waals surface area (Å²) in [6, 6.07) is 1.90. The lowest BCUT2D eigenvalue weighted by Gasteiger charge is -2.32. The van der Waals surface area contributed by atoms with Gasteiger partial charge in [-0.25, -0.2) is 9.97 Å². The molecule has 7 heteroatoms. The summed E-state index contributed by atoms with van der Waals surface area (Å²) in [5, 5.41) is 0. The molecule has 0 aromatic carbocycles. The molecule has 0 spiro atoms. The molecule has 7 nitrogen and oxygen atoms in total. The number of hydrogen-bond acceptors (Lipinski definition) is 7. The molecule has 3 aromatic rings. The molecule has 0 atom stereocenters. The van der Waals surface area contributed by atoms with E-state index in [2.05, 4.69) is 31.8 Å². The Labute approximate surface area is 140 Å². The summed E-state index contributed by atoms with van der Waals surface area (Å²) in [7, 11) is 2.13. The molecule has 0 saturated carbocycles. The second-order valence-corrected chi connectivity index (χ2v) is 5.83. The van der Waals surface area contributed by atoms with E-state index in [1.807, 2.05) is 12.3 Å². The van der Waals surface area contributed by atoms with Crippen LogP contribution in [0, 0.1) is 0 Å². The molecule has 0 unspecified atom stereocenters. The third kappa shape index (κ3) is 2.85. The normalized spacial score (nSPS) is 15.6. The summed E-state index contributed by atoms with van der Waals surface area (Å²) < 4.78 is 5.24. The Bertz CT molecular complexity index is 797. The topological polar surface area (TPSA) is 71.2 Å². The van der Waals surface area contributed by atoms with E-state index in [1.165, 1.54) is 0 Å². The van der Waals surface area contributed by atoms with Gasteiger partial charge in [-0.3, -0.25) is 9.97 Å². The first-order chi connectivity index (χ1) is 11.8. The summed E-state index contributed by atoms with van der Waals surface area (Å²) in [4.78, 5) is 22.4. The number of aromatic nitrogens is 4. The maximum Gasteiger partial charge on any atom is 0.225 e. The summed E-state index contributed by atoms with van der Waals surface area (Å²) in [6.07, 6.45) is 10.2. The van der Waals surface area contributed by atoms with Crippen LogP contribution in [0.5, 0.6) is 0 Å². The highest BCUT2D eigenvalue weighted by atomic mass is 16.3. The Balaban J connectivity index is 1.76. The molecule has 3 aromatic heterocycles. The number of likely N-dealkylation sites (N-methyl/N-ethyl adjacent to an activating group) is 1. The zero-order valence-corrected chi connectivity index (χ0v) is 13.5. The minimum Gasteiger partial charge on any atom is -0.472 e. The fourth-order valence-electron chi connectivity index (χ4n) is 2.78. The highest BCUT2D eigenvalue weighted by Crippen LogP contribution is 2.30. The van der Waals surface area contributed by atoms with Gasteiger partial charge in [0.2, 0.25) is 5.95 Å². The van der Waals surface area contributed by atoms with Crippen molar-refractivity contribution in [1.82, 2.24) is 24.8 Å². The predicted molar refractivity (Wildman–Crippen MR) is 90.5 cm³/mol. The fraction of sp³-hybridized carbons (Fsp3) is 0.294. The van der Waals surface area contributed by atoms with Crippen molar-refractivity contribution in [3.63, 3.8) is 0 Å². The highest BCUT2D eigenvalue weighted by molar-refractivity contribution is 5.78. The van der Waals surface area contributed by atoms with Crippen molar-refractivity contribution in [2.45, 2.75) is 0 Å². The molecular weight excluding hydrogens is 304 g/mol. The number of furan rings is 1. The molecule has 1 fully saturated rings. The number of anilines is 1. The highest BCUT2D eigenvalue weighted by Gasteiger charge is 2.19. The number of nitrogens with zero attached hydrogens (tertiary/aromatic N) is 6. The van der Waals surface area contributed by atoms with Gasteiger partial charge in [0.25, 0.3) is 0 Å². The van der Waals surface area contributed by atoms with Gasteiger partial charge in [0.1, 0.15) is 0 Å². The van der Waals surface area contributed by atoms with Crippen molar-refractivity contribution >= 4 is 5.95 Å². The minimum atomic E-state index is 0.743. The van der Waals surface area contributed by atoms with Crippen LogP contribution in [0.25, 0.3) is 22.5 Å². The number of rotatable bonds is 3. The molecule has 0 bridgehead atoms. The van der Waals surface area contributed by atoms with Gasteiger partial charge < -0.3 is 14.2 Å². The van der Waals surface area contributed by atoms with Gasteiger partial charge in [-0.2, -0.15) is 0 Å². The molecule has 0 amide bonds. The van der Waals surface area contributed by atoms with Crippen LogP contribution in [-0.2, 0) is 0 Å². The quantitative estimate of drug-likeness (QED) is 0.730. The molecule has 1 aliphatic rings. The Morgan fingerprint density at radius 1 is 1.04 bits per heavy atom. The lowest BCUT2D eigenvalue weighted by molar-refractivity contribution is 0.311. The van der Waals surface area contributed by atoms with Gasteiger partial charge in [-0.1, -0.05) is 0 Å². The number of hydrogen-bond donors (Lipinski definition) is 0. The molecular formula is C17H18N6O. The average molecular weight is 322 g/mol. The van der Waals surface area contributed by atoms with Gasteiger partial charge in [0.05, 0.1) is 30.1 Å². The number of piperazine rings is 1. The first-order valence-electron chi connectivity index (χ1n) is 7.91. The van der Waals surface area contributed by atoms with Crippen molar-refractivity contribution in [1.29, 1.82) is 0 Å². The van der Waals surface area contributed by atoms with Crippen LogP contribution in [0.15, 0.2) is 47.8 Å². The van der Waals surface area contributed by atoms with Crippen LogP contribution >= 0.6 is 0 Å². The lowest BCUT2D eigenvalue weighted by atomic mass is 10.1. The monoisotopic (exact) mass is 322 g/mol. The average Bonchev–Trinajstić information content (AvgIpc) is 3.17. The SMILES string of the molecule is CN1CCN(c2ncc(-c3cnccn3)c(-c3ccoc3)n2)CC1. The van der Waals surface area contributed by atoms with E-state index in [9.17, 15) is 0 Å². The van der Waals surface area contributed by atoms with Crippen LogP contribution in [0.1, 0.15) is 0 Å². The van der Waals surface area contributed by atoms with Crippen molar-refractivity contribution in [2.24, 2.45) is 0 Å². The van der Waals surface area contributed by atoms with Gasteiger partial charge in [0, 0.05) is 55.9 Å². The van der Waals surface area contributed by atoms with Crippen LogP contribution in [0.4, 0.5) is 5.95 Å². The minimum absolute atomic E-state index is 0.743. The smallest absolute Gasteiger partial charge is 0.225 e. The summed E-state index contributed by atoms with van der Waals surface area (Å²) in [5.74, 6) is 0.743. The van der Waals surface area contributed by atoms with Crippen LogP contribution in [0.2, 0.25) is 0 Å². The summed E-state index contributed by atoms with van der Waals surface area (Å²) in [5.41, 5.74) is 3.32. The second kappa shape index (κ2) is 6.37. The van der Waals surface area contributed by atoms with E-state index in [-0.39, 0.29) is 0 Å². The van der Waals surface area contributed by atoms with E-state index in [0.717, 1.165) is 54.6 Å². The van der Waals surface area contributed by atoms with Gasteiger partial charge in [-0.15, -0.1) is 0 Å². The van der Waals surface area contributed by atoms with Crippen molar-refractivity contribution in [3.8, 4) is 22.5 Å². The van der Waals surface area contributed by atoms with E-state index < -0.39 is 0 Å². The molecule has 24 heavy (non-hydrogen) atoms. The molecule has 0 radical (unpaired) electrons. The van der Waals surface area contributed by atoms with E-state index in [0.29, 0.717) is 0 Å². The molecule has 1 saturated heterocycles. The molecule has 1 aliphatic heterocycles.